The Kier molecular flexibility index (Phi) is 4.19. The number of nitrogens with zero attached hydrogens (tertiary/aromatic N) is 1. The highest BCUT2D eigenvalue weighted by atomic mass is 79.9. The number of aryl methyl sites for hydroxylation is 1. The largest absolute Gasteiger partial charge is 0.397 e. The fourth-order valence-corrected chi connectivity index (χ4v) is 5.12. The highest BCUT2D eigenvalue weighted by molar-refractivity contribution is 9.11. The van der Waals surface area contributed by atoms with Crippen LogP contribution in [0, 0.1) is 6.92 Å². The van der Waals surface area contributed by atoms with E-state index in [0.29, 0.717) is 10.2 Å². The van der Waals surface area contributed by atoms with Crippen molar-refractivity contribution in [2.75, 3.05) is 10.5 Å². The number of nitrogens with two attached hydrogens (primary N) is 1. The minimum atomic E-state index is -3.65. The lowest BCUT2D eigenvalue weighted by Gasteiger charge is -2.07. The van der Waals surface area contributed by atoms with Gasteiger partial charge in [0.1, 0.15) is 4.21 Å². The molecule has 0 unspecified atom stereocenters. The summed E-state index contributed by atoms with van der Waals surface area (Å²) in [5.74, 6) is 0.205. The molecule has 0 radical (unpaired) electrons. The van der Waals surface area contributed by atoms with Crippen molar-refractivity contribution in [3.05, 3.63) is 32.2 Å². The van der Waals surface area contributed by atoms with Crippen molar-refractivity contribution in [3.8, 4) is 0 Å². The van der Waals surface area contributed by atoms with E-state index < -0.39 is 10.0 Å². The van der Waals surface area contributed by atoms with Crippen molar-refractivity contribution in [2.45, 2.75) is 11.1 Å². The smallest absolute Gasteiger partial charge is 0.272 e. The second kappa shape index (κ2) is 5.39. The molecule has 0 saturated heterocycles. The molecule has 102 valence electrons. The van der Waals surface area contributed by atoms with Gasteiger partial charge in [-0.2, -0.15) is 0 Å². The zero-order valence-electron chi connectivity index (χ0n) is 9.65. The normalized spacial score (nSPS) is 11.5. The van der Waals surface area contributed by atoms with E-state index in [2.05, 4.69) is 41.6 Å². The van der Waals surface area contributed by atoms with Crippen LogP contribution in [0.25, 0.3) is 0 Å². The molecule has 0 aromatic carbocycles. The van der Waals surface area contributed by atoms with Crippen molar-refractivity contribution < 1.29 is 8.42 Å². The topological polar surface area (TPSA) is 85.1 Å². The molecule has 2 aromatic heterocycles. The molecule has 0 bridgehead atoms. The lowest BCUT2D eigenvalue weighted by atomic mass is 10.4. The molecular weight excluding hydrogens is 418 g/mol. The van der Waals surface area contributed by atoms with E-state index in [4.69, 9.17) is 5.73 Å². The lowest BCUT2D eigenvalue weighted by molar-refractivity contribution is 0.603. The minimum Gasteiger partial charge on any atom is -0.397 e. The Hall–Kier alpha value is -0.640. The molecule has 0 amide bonds. The molecule has 5 nitrogen and oxygen atoms in total. The van der Waals surface area contributed by atoms with Crippen LogP contribution in [0.2, 0.25) is 0 Å². The second-order valence-corrected chi connectivity index (χ2v) is 8.86. The molecule has 0 aliphatic rings. The predicted octanol–water partition coefficient (Wildman–Crippen LogP) is 3.36. The van der Waals surface area contributed by atoms with Crippen molar-refractivity contribution >= 4 is 64.7 Å². The number of pyridine rings is 1. The van der Waals surface area contributed by atoms with Gasteiger partial charge in [-0.1, -0.05) is 0 Å². The Morgan fingerprint density at radius 3 is 2.58 bits per heavy atom. The first-order valence-corrected chi connectivity index (χ1v) is 8.88. The number of thiophene rings is 1. The van der Waals surface area contributed by atoms with Gasteiger partial charge in [-0.3, -0.25) is 4.72 Å². The molecule has 0 atom stereocenters. The first kappa shape index (κ1) is 14.8. The third-order valence-corrected chi connectivity index (χ3v) is 6.75. The quantitative estimate of drug-likeness (QED) is 0.787. The van der Waals surface area contributed by atoms with Gasteiger partial charge in [0.05, 0.1) is 20.1 Å². The van der Waals surface area contributed by atoms with E-state index in [1.54, 1.807) is 12.1 Å². The maximum absolute atomic E-state index is 12.2. The van der Waals surface area contributed by atoms with Crippen molar-refractivity contribution in [2.24, 2.45) is 0 Å². The molecule has 0 aliphatic carbocycles. The average Bonchev–Trinajstić information content (AvgIpc) is 2.64. The van der Waals surface area contributed by atoms with E-state index in [-0.39, 0.29) is 10.0 Å². The van der Waals surface area contributed by atoms with E-state index in [1.807, 2.05) is 6.92 Å². The van der Waals surface area contributed by atoms with Crippen LogP contribution >= 0.6 is 43.2 Å². The van der Waals surface area contributed by atoms with Crippen LogP contribution in [-0.4, -0.2) is 13.4 Å². The van der Waals surface area contributed by atoms with E-state index in [1.165, 1.54) is 6.20 Å². The summed E-state index contributed by atoms with van der Waals surface area (Å²) in [6.07, 6.45) is 1.39. The first-order valence-electron chi connectivity index (χ1n) is 4.99. The van der Waals surface area contributed by atoms with E-state index in [9.17, 15) is 8.42 Å². The van der Waals surface area contributed by atoms with Crippen molar-refractivity contribution in [3.63, 3.8) is 0 Å². The van der Waals surface area contributed by atoms with Crippen molar-refractivity contribution in [1.29, 1.82) is 0 Å². The van der Waals surface area contributed by atoms with Crippen LogP contribution in [0.4, 0.5) is 11.5 Å². The molecule has 19 heavy (non-hydrogen) atoms. The van der Waals surface area contributed by atoms with Crippen LogP contribution in [0.3, 0.4) is 0 Å². The van der Waals surface area contributed by atoms with Crippen LogP contribution in [0.5, 0.6) is 0 Å². The lowest BCUT2D eigenvalue weighted by Crippen LogP contribution is -2.13. The monoisotopic (exact) mass is 425 g/mol. The van der Waals surface area contributed by atoms with Gasteiger partial charge < -0.3 is 5.73 Å². The summed E-state index contributed by atoms with van der Waals surface area (Å²) >= 11 is 7.67. The first-order chi connectivity index (χ1) is 8.79. The number of sulfonamides is 1. The van der Waals surface area contributed by atoms with Gasteiger partial charge in [0.2, 0.25) is 0 Å². The Bertz CT molecular complexity index is 709. The summed E-state index contributed by atoms with van der Waals surface area (Å²) < 4.78 is 28.3. The zero-order chi connectivity index (χ0) is 14.2. The number of rotatable bonds is 3. The second-order valence-electron chi connectivity index (χ2n) is 3.73. The molecule has 2 heterocycles. The number of halogens is 2. The minimum absolute atomic E-state index is 0.205. The third kappa shape index (κ3) is 3.28. The van der Waals surface area contributed by atoms with Crippen molar-refractivity contribution in [1.82, 2.24) is 4.98 Å². The molecular formula is C10H9Br2N3O2S2. The molecule has 2 aromatic rings. The fourth-order valence-electron chi connectivity index (χ4n) is 1.27. The highest BCUT2D eigenvalue weighted by Crippen LogP contribution is 2.32. The van der Waals surface area contributed by atoms with E-state index in [0.717, 1.165) is 20.7 Å². The predicted molar refractivity (Wildman–Crippen MR) is 83.9 cm³/mol. The number of nitrogen functional groups attached to an aromatic ring is 1. The number of hydrogen-bond acceptors (Lipinski definition) is 5. The Morgan fingerprint density at radius 1 is 1.37 bits per heavy atom. The van der Waals surface area contributed by atoms with Crippen LogP contribution in [0.15, 0.2) is 30.8 Å². The third-order valence-electron chi connectivity index (χ3n) is 2.19. The Morgan fingerprint density at radius 2 is 2.05 bits per heavy atom. The van der Waals surface area contributed by atoms with Gasteiger partial charge in [0, 0.05) is 0 Å². The standard InChI is InChI=1S/C10H9Br2N3O2S2/c1-5-2-8(18-9(5)12)19(16,17)15-10-7(11)3-6(13)4-14-10/h2-4H,13H2,1H3,(H,14,15). The maximum Gasteiger partial charge on any atom is 0.272 e. The van der Waals surface area contributed by atoms with Gasteiger partial charge in [-0.15, -0.1) is 11.3 Å². The fraction of sp³-hybridized carbons (Fsp3) is 0.100. The Labute approximate surface area is 131 Å². The maximum atomic E-state index is 12.2. The molecule has 9 heteroatoms. The average molecular weight is 427 g/mol. The van der Waals surface area contributed by atoms with Crippen LogP contribution < -0.4 is 10.5 Å². The SMILES string of the molecule is Cc1cc(S(=O)(=O)Nc2ncc(N)cc2Br)sc1Br. The number of hydrogen-bond donors (Lipinski definition) is 2. The Balaban J connectivity index is 2.36. The molecule has 2 rings (SSSR count). The van der Waals surface area contributed by atoms with Gasteiger partial charge in [0.15, 0.2) is 5.82 Å². The molecule has 0 spiro atoms. The highest BCUT2D eigenvalue weighted by Gasteiger charge is 2.20. The number of aromatic nitrogens is 1. The van der Waals surface area contributed by atoms with E-state index >= 15 is 0 Å². The number of anilines is 2. The van der Waals surface area contributed by atoms with Gasteiger partial charge >= 0.3 is 0 Å². The summed E-state index contributed by atoms with van der Waals surface area (Å²) in [4.78, 5) is 3.95. The molecule has 3 N–H and O–H groups in total. The van der Waals surface area contributed by atoms with Gasteiger partial charge in [-0.25, -0.2) is 13.4 Å². The summed E-state index contributed by atoms with van der Waals surface area (Å²) in [5.41, 5.74) is 6.87. The van der Waals surface area contributed by atoms with Gasteiger partial charge in [-0.05, 0) is 56.5 Å². The number of nitrogens with one attached hydrogen (secondary N) is 1. The molecule has 0 fully saturated rings. The summed E-state index contributed by atoms with van der Waals surface area (Å²) in [5, 5.41) is 0. The van der Waals surface area contributed by atoms with Crippen LogP contribution in [0.1, 0.15) is 5.56 Å². The molecule has 0 saturated carbocycles. The summed E-state index contributed by atoms with van der Waals surface area (Å²) in [6.45, 7) is 1.83. The molecule has 0 aliphatic heterocycles. The summed E-state index contributed by atoms with van der Waals surface area (Å²) in [6, 6.07) is 3.18. The summed E-state index contributed by atoms with van der Waals surface area (Å²) in [7, 11) is -3.65. The zero-order valence-corrected chi connectivity index (χ0v) is 14.5. The van der Waals surface area contributed by atoms with Gasteiger partial charge in [0.25, 0.3) is 10.0 Å². The van der Waals surface area contributed by atoms with Crippen LogP contribution in [-0.2, 0) is 10.0 Å².